The summed E-state index contributed by atoms with van der Waals surface area (Å²) in [6.45, 7) is 0. The molecule has 2 rings (SSSR count). The van der Waals surface area contributed by atoms with Crippen LogP contribution in [0.2, 0.25) is 0 Å². The average Bonchev–Trinajstić information content (AvgIpc) is 2.80. The van der Waals surface area contributed by atoms with Crippen molar-refractivity contribution in [3.63, 3.8) is 0 Å². The minimum atomic E-state index is -1.49. The number of non-ortho nitro benzene ring substituents is 1. The first-order valence-electron chi connectivity index (χ1n) is 6.21. The number of aromatic nitrogens is 1. The molecule has 2 aromatic rings. The van der Waals surface area contributed by atoms with Gasteiger partial charge >= 0.3 is 6.16 Å². The predicted octanol–water partition coefficient (Wildman–Crippen LogP) is 2.29. The maximum absolute atomic E-state index is 10.9. The number of rotatable bonds is 6. The predicted molar refractivity (Wildman–Crippen MR) is 75.1 cm³/mol. The average molecular weight is 310 g/mol. The molecule has 0 radical (unpaired) electrons. The molecule has 0 bridgehead atoms. The van der Waals surface area contributed by atoms with Gasteiger partial charge in [-0.2, -0.15) is 0 Å². The number of methoxy groups -OCH3 is 2. The fraction of sp³-hybridized carbons (Fsp3) is 0.308. The lowest BCUT2D eigenvalue weighted by Gasteiger charge is -2.13. The minimum absolute atomic E-state index is 0.0119. The van der Waals surface area contributed by atoms with Crippen LogP contribution in [-0.2, 0) is 15.9 Å². The van der Waals surface area contributed by atoms with E-state index in [1.165, 1.54) is 32.4 Å². The monoisotopic (exact) mass is 310 g/mol. The van der Waals surface area contributed by atoms with Crippen LogP contribution < -0.4 is 4.74 Å². The Hall–Kier alpha value is -2.65. The van der Waals surface area contributed by atoms with Crippen LogP contribution in [0.15, 0.2) is 18.2 Å². The summed E-state index contributed by atoms with van der Waals surface area (Å²) in [6, 6.07) is 4.15. The lowest BCUT2D eigenvalue weighted by molar-refractivity contribution is -0.384. The van der Waals surface area contributed by atoms with Gasteiger partial charge in [-0.25, -0.2) is 4.79 Å². The van der Waals surface area contributed by atoms with Gasteiger partial charge in [-0.15, -0.1) is 0 Å². The summed E-state index contributed by atoms with van der Waals surface area (Å²) in [6.07, 6.45) is -1.97. The van der Waals surface area contributed by atoms with Gasteiger partial charge < -0.3 is 24.3 Å². The number of aromatic amines is 1. The third kappa shape index (κ3) is 3.15. The molecule has 0 saturated carbocycles. The highest BCUT2D eigenvalue weighted by molar-refractivity contribution is 5.88. The first-order valence-corrected chi connectivity index (χ1v) is 6.21. The van der Waals surface area contributed by atoms with E-state index in [9.17, 15) is 14.9 Å². The van der Waals surface area contributed by atoms with Gasteiger partial charge in [0.15, 0.2) is 6.29 Å². The maximum Gasteiger partial charge on any atom is 0.512 e. The second-order valence-corrected chi connectivity index (χ2v) is 4.39. The zero-order valence-corrected chi connectivity index (χ0v) is 11.9. The SMILES string of the molecule is COC(Cc1c(OC(=O)O)[nH]c2ccc([N+](=O)[O-])cc12)OC. The molecule has 9 heteroatoms. The van der Waals surface area contributed by atoms with Gasteiger partial charge in [0.25, 0.3) is 5.69 Å². The number of fused-ring (bicyclic) bond motifs is 1. The lowest BCUT2D eigenvalue weighted by atomic mass is 10.1. The van der Waals surface area contributed by atoms with Crippen molar-refractivity contribution >= 4 is 22.7 Å². The Morgan fingerprint density at radius 3 is 2.64 bits per heavy atom. The number of carbonyl (C=O) groups is 1. The van der Waals surface area contributed by atoms with E-state index in [0.29, 0.717) is 16.5 Å². The smallest absolute Gasteiger partial charge is 0.449 e. The van der Waals surface area contributed by atoms with Gasteiger partial charge in [-0.05, 0) is 6.07 Å². The number of ether oxygens (including phenoxy) is 3. The third-order valence-corrected chi connectivity index (χ3v) is 3.15. The maximum atomic E-state index is 10.9. The van der Waals surface area contributed by atoms with Crippen molar-refractivity contribution < 1.29 is 29.0 Å². The number of carboxylic acid groups (broad SMARTS) is 1. The Morgan fingerprint density at radius 2 is 2.09 bits per heavy atom. The fourth-order valence-electron chi connectivity index (χ4n) is 2.13. The molecule has 9 nitrogen and oxygen atoms in total. The topological polar surface area (TPSA) is 124 Å². The second-order valence-electron chi connectivity index (χ2n) is 4.39. The number of hydrogen-bond acceptors (Lipinski definition) is 6. The van der Waals surface area contributed by atoms with Crippen molar-refractivity contribution in [1.29, 1.82) is 0 Å². The molecule has 0 aliphatic carbocycles. The van der Waals surface area contributed by atoms with Gasteiger partial charge in [0, 0.05) is 49.2 Å². The van der Waals surface area contributed by atoms with Gasteiger partial charge in [0.1, 0.15) is 0 Å². The summed E-state index contributed by atoms with van der Waals surface area (Å²) in [7, 11) is 2.87. The van der Waals surface area contributed by atoms with Crippen molar-refractivity contribution in [1.82, 2.24) is 4.98 Å². The summed E-state index contributed by atoms with van der Waals surface area (Å²) in [4.78, 5) is 23.9. The molecular weight excluding hydrogens is 296 g/mol. The number of nitrogens with zero attached hydrogens (tertiary/aromatic N) is 1. The lowest BCUT2D eigenvalue weighted by Crippen LogP contribution is -2.17. The third-order valence-electron chi connectivity index (χ3n) is 3.15. The molecule has 1 aromatic heterocycles. The number of nitro benzene ring substituents is 1. The number of H-pyrrole nitrogens is 1. The Labute approximate surface area is 124 Å². The van der Waals surface area contributed by atoms with E-state index in [2.05, 4.69) is 4.98 Å². The summed E-state index contributed by atoms with van der Waals surface area (Å²) in [5.41, 5.74) is 0.832. The quantitative estimate of drug-likeness (QED) is 0.363. The van der Waals surface area contributed by atoms with Crippen LogP contribution >= 0.6 is 0 Å². The van der Waals surface area contributed by atoms with Gasteiger partial charge in [-0.1, -0.05) is 0 Å². The van der Waals surface area contributed by atoms with E-state index < -0.39 is 17.4 Å². The molecule has 0 aliphatic heterocycles. The van der Waals surface area contributed by atoms with Gasteiger partial charge in [0.2, 0.25) is 5.88 Å². The first kappa shape index (κ1) is 15.7. The summed E-state index contributed by atoms with van der Waals surface area (Å²) >= 11 is 0. The van der Waals surface area contributed by atoms with Crippen molar-refractivity contribution in [3.8, 4) is 5.88 Å². The molecular formula is C13H14N2O7. The molecule has 1 heterocycles. The molecule has 0 saturated heterocycles. The van der Waals surface area contributed by atoms with E-state index in [0.717, 1.165) is 0 Å². The molecule has 0 aliphatic rings. The first-order chi connectivity index (χ1) is 10.5. The van der Waals surface area contributed by atoms with Crippen molar-refractivity contribution in [3.05, 3.63) is 33.9 Å². The van der Waals surface area contributed by atoms with Crippen LogP contribution in [0.5, 0.6) is 5.88 Å². The largest absolute Gasteiger partial charge is 0.512 e. The van der Waals surface area contributed by atoms with Crippen LogP contribution in [0.1, 0.15) is 5.56 Å². The molecule has 0 amide bonds. The molecule has 0 unspecified atom stereocenters. The highest BCUT2D eigenvalue weighted by Crippen LogP contribution is 2.32. The minimum Gasteiger partial charge on any atom is -0.449 e. The normalized spacial score (nSPS) is 11.0. The van der Waals surface area contributed by atoms with E-state index in [1.807, 2.05) is 0 Å². The Kier molecular flexibility index (Phi) is 4.59. The molecule has 118 valence electrons. The van der Waals surface area contributed by atoms with Gasteiger partial charge in [0.05, 0.1) is 4.92 Å². The second kappa shape index (κ2) is 6.41. The van der Waals surface area contributed by atoms with E-state index in [-0.39, 0.29) is 18.0 Å². The van der Waals surface area contributed by atoms with Crippen LogP contribution in [0.25, 0.3) is 10.9 Å². The van der Waals surface area contributed by atoms with E-state index in [1.54, 1.807) is 0 Å². The summed E-state index contributed by atoms with van der Waals surface area (Å²) in [5.74, 6) is -0.0119. The standard InChI is InChI=1S/C13H14N2O7/c1-20-11(21-2)6-9-8-5-7(15(18)19)3-4-10(8)14-12(9)22-13(16)17/h3-5,11,14H,6H2,1-2H3,(H,16,17). The fourth-order valence-corrected chi connectivity index (χ4v) is 2.13. The van der Waals surface area contributed by atoms with Crippen molar-refractivity contribution in [2.75, 3.05) is 14.2 Å². The van der Waals surface area contributed by atoms with Gasteiger partial charge in [-0.3, -0.25) is 10.1 Å². The van der Waals surface area contributed by atoms with Crippen LogP contribution in [-0.4, -0.2) is 41.7 Å². The molecule has 22 heavy (non-hydrogen) atoms. The number of nitro groups is 1. The highest BCUT2D eigenvalue weighted by Gasteiger charge is 2.21. The molecule has 0 spiro atoms. The number of hydrogen-bond donors (Lipinski definition) is 2. The highest BCUT2D eigenvalue weighted by atomic mass is 16.7. The van der Waals surface area contributed by atoms with Crippen LogP contribution in [0, 0.1) is 10.1 Å². The molecule has 2 N–H and O–H groups in total. The zero-order chi connectivity index (χ0) is 16.3. The summed E-state index contributed by atoms with van der Waals surface area (Å²) in [5, 5.41) is 20.2. The zero-order valence-electron chi connectivity index (χ0n) is 11.9. The Bertz CT molecular complexity index is 706. The summed E-state index contributed by atoms with van der Waals surface area (Å²) < 4.78 is 14.9. The Balaban J connectivity index is 2.56. The molecule has 1 aromatic carbocycles. The Morgan fingerprint density at radius 1 is 1.41 bits per heavy atom. The number of benzene rings is 1. The van der Waals surface area contributed by atoms with Crippen LogP contribution in [0.4, 0.5) is 10.5 Å². The van der Waals surface area contributed by atoms with E-state index >= 15 is 0 Å². The van der Waals surface area contributed by atoms with E-state index in [4.69, 9.17) is 19.3 Å². The number of nitrogens with one attached hydrogen (secondary N) is 1. The van der Waals surface area contributed by atoms with Crippen LogP contribution in [0.3, 0.4) is 0 Å². The molecule has 0 atom stereocenters. The van der Waals surface area contributed by atoms with Crippen molar-refractivity contribution in [2.45, 2.75) is 12.7 Å². The molecule has 0 fully saturated rings. The van der Waals surface area contributed by atoms with Crippen molar-refractivity contribution in [2.24, 2.45) is 0 Å².